The van der Waals surface area contributed by atoms with Crippen LogP contribution in [0.25, 0.3) is 0 Å². The van der Waals surface area contributed by atoms with Crippen LogP contribution in [0.2, 0.25) is 0 Å². The summed E-state index contributed by atoms with van der Waals surface area (Å²) >= 11 is 0. The van der Waals surface area contributed by atoms with Gasteiger partial charge in [-0.15, -0.1) is 0 Å². The van der Waals surface area contributed by atoms with Gasteiger partial charge in [-0.3, -0.25) is 4.55 Å². The van der Waals surface area contributed by atoms with E-state index in [9.17, 15) is 13.2 Å². The van der Waals surface area contributed by atoms with Crippen molar-refractivity contribution in [3.8, 4) is 0 Å². The van der Waals surface area contributed by atoms with Gasteiger partial charge in [-0.05, 0) is 13.8 Å². The van der Waals surface area contributed by atoms with Crippen molar-refractivity contribution in [3.05, 3.63) is 18.2 Å². The molecule has 0 bridgehead atoms. The van der Waals surface area contributed by atoms with Crippen LogP contribution in [0, 0.1) is 6.92 Å². The Balaban J connectivity index is 0.000000281. The Hall–Kier alpha value is -1.09. The Labute approximate surface area is 90.7 Å². The smallest absolute Gasteiger partial charge is 0.335 e. The minimum absolute atomic E-state index is 1.02. The molecule has 1 heterocycles. The quantitative estimate of drug-likeness (QED) is 0.615. The maximum atomic E-state index is 10.7. The first kappa shape index (κ1) is 14.9. The standard InChI is InChI=1S/C6H10N2.CHF3O3S/c1-3-8-5-4-7-6(8)2;2-1(3,4)8(5,6)7/h4-5H,3H2,1-2H3;(H,5,6,7). The van der Waals surface area contributed by atoms with E-state index in [2.05, 4.69) is 16.5 Å². The van der Waals surface area contributed by atoms with E-state index in [-0.39, 0.29) is 0 Å². The third-order valence-electron chi connectivity index (χ3n) is 1.56. The molecule has 0 aromatic carbocycles. The maximum absolute atomic E-state index is 10.7. The zero-order valence-corrected chi connectivity index (χ0v) is 9.38. The minimum Gasteiger partial charge on any atom is -0.335 e. The number of rotatable bonds is 1. The van der Waals surface area contributed by atoms with E-state index in [1.54, 1.807) is 0 Å². The second kappa shape index (κ2) is 5.30. The van der Waals surface area contributed by atoms with Gasteiger partial charge in [0.15, 0.2) is 0 Å². The van der Waals surface area contributed by atoms with Crippen molar-refractivity contribution in [1.29, 1.82) is 0 Å². The number of imidazole rings is 1. The molecule has 0 aliphatic carbocycles. The molecule has 0 fully saturated rings. The third-order valence-corrected chi connectivity index (χ3v) is 2.14. The molecule has 1 N–H and O–H groups in total. The molecule has 9 heteroatoms. The predicted molar refractivity (Wildman–Crippen MR) is 50.2 cm³/mol. The first-order chi connectivity index (χ1) is 7.09. The summed E-state index contributed by atoms with van der Waals surface area (Å²) < 4.78 is 59.6. The molecule has 1 aromatic heterocycles. The van der Waals surface area contributed by atoms with Crippen LogP contribution < -0.4 is 0 Å². The summed E-state index contributed by atoms with van der Waals surface area (Å²) in [5.41, 5.74) is -5.53. The molecule has 0 atom stereocenters. The lowest BCUT2D eigenvalue weighted by molar-refractivity contribution is -0.0510. The van der Waals surface area contributed by atoms with Crippen LogP contribution in [0.4, 0.5) is 13.2 Å². The van der Waals surface area contributed by atoms with Crippen molar-refractivity contribution in [2.24, 2.45) is 0 Å². The van der Waals surface area contributed by atoms with Gasteiger partial charge >= 0.3 is 15.6 Å². The second-order valence-corrected chi connectivity index (χ2v) is 4.09. The topological polar surface area (TPSA) is 72.2 Å². The van der Waals surface area contributed by atoms with Gasteiger partial charge < -0.3 is 4.57 Å². The van der Waals surface area contributed by atoms with E-state index >= 15 is 0 Å². The summed E-state index contributed by atoms with van der Waals surface area (Å²) in [6.45, 7) is 5.13. The van der Waals surface area contributed by atoms with Gasteiger partial charge in [0, 0.05) is 18.9 Å². The van der Waals surface area contributed by atoms with Gasteiger partial charge in [-0.1, -0.05) is 0 Å². The van der Waals surface area contributed by atoms with Gasteiger partial charge in [0.05, 0.1) is 0 Å². The molecule has 0 spiro atoms. The summed E-state index contributed by atoms with van der Waals surface area (Å²) in [6.07, 6.45) is 3.80. The molecule has 0 amide bonds. The molecule has 0 aliphatic heterocycles. The van der Waals surface area contributed by atoms with Crippen LogP contribution in [-0.2, 0) is 16.7 Å². The summed E-state index contributed by atoms with van der Waals surface area (Å²) in [7, 11) is -5.84. The van der Waals surface area contributed by atoms with Crippen molar-refractivity contribution in [1.82, 2.24) is 9.55 Å². The molecule has 0 saturated carbocycles. The van der Waals surface area contributed by atoms with Gasteiger partial charge in [0.1, 0.15) is 5.82 Å². The summed E-state index contributed by atoms with van der Waals surface area (Å²) in [5, 5.41) is 0. The van der Waals surface area contributed by atoms with Crippen LogP contribution in [0.1, 0.15) is 12.7 Å². The number of halogens is 3. The highest BCUT2D eigenvalue weighted by atomic mass is 32.2. The van der Waals surface area contributed by atoms with Crippen molar-refractivity contribution in [2.45, 2.75) is 25.9 Å². The normalized spacial score (nSPS) is 11.9. The molecular weight excluding hydrogens is 249 g/mol. The van der Waals surface area contributed by atoms with E-state index in [4.69, 9.17) is 13.0 Å². The van der Waals surface area contributed by atoms with Crippen LogP contribution in [0.5, 0.6) is 0 Å². The van der Waals surface area contributed by atoms with Crippen LogP contribution in [-0.4, -0.2) is 28.0 Å². The molecule has 1 aromatic rings. The highest BCUT2D eigenvalue weighted by Gasteiger charge is 2.44. The van der Waals surface area contributed by atoms with E-state index in [1.165, 1.54) is 0 Å². The fraction of sp³-hybridized carbons (Fsp3) is 0.571. The van der Waals surface area contributed by atoms with Crippen LogP contribution >= 0.6 is 0 Å². The lowest BCUT2D eigenvalue weighted by Crippen LogP contribution is -2.21. The summed E-state index contributed by atoms with van der Waals surface area (Å²) in [6, 6.07) is 0. The monoisotopic (exact) mass is 260 g/mol. The molecule has 16 heavy (non-hydrogen) atoms. The third kappa shape index (κ3) is 4.62. The van der Waals surface area contributed by atoms with Crippen molar-refractivity contribution in [2.75, 3.05) is 0 Å². The number of alkyl halides is 3. The van der Waals surface area contributed by atoms with Crippen molar-refractivity contribution >= 4 is 10.1 Å². The maximum Gasteiger partial charge on any atom is 0.522 e. The van der Waals surface area contributed by atoms with E-state index in [1.807, 2.05) is 19.3 Å². The summed E-state index contributed by atoms with van der Waals surface area (Å²) in [4.78, 5) is 4.05. The molecule has 94 valence electrons. The Morgan fingerprint density at radius 2 is 1.94 bits per heavy atom. The zero-order valence-electron chi connectivity index (χ0n) is 8.56. The predicted octanol–water partition coefficient (Wildman–Crippen LogP) is 1.61. The minimum atomic E-state index is -5.84. The van der Waals surface area contributed by atoms with Gasteiger partial charge in [-0.2, -0.15) is 21.6 Å². The average Bonchev–Trinajstić information content (AvgIpc) is 2.48. The molecule has 5 nitrogen and oxygen atoms in total. The summed E-state index contributed by atoms with van der Waals surface area (Å²) in [5.74, 6) is 1.09. The lowest BCUT2D eigenvalue weighted by Gasteiger charge is -1.97. The molecular formula is C7H11F3N2O3S. The lowest BCUT2D eigenvalue weighted by atomic mass is 10.6. The van der Waals surface area contributed by atoms with E-state index in [0.717, 1.165) is 12.4 Å². The van der Waals surface area contributed by atoms with Crippen LogP contribution in [0.15, 0.2) is 12.4 Å². The van der Waals surface area contributed by atoms with Crippen molar-refractivity contribution in [3.63, 3.8) is 0 Å². The van der Waals surface area contributed by atoms with Gasteiger partial charge in [0.2, 0.25) is 0 Å². The fourth-order valence-electron chi connectivity index (χ4n) is 0.738. The first-order valence-corrected chi connectivity index (χ1v) is 5.55. The molecule has 0 radical (unpaired) electrons. The number of aryl methyl sites for hydroxylation is 2. The molecule has 0 unspecified atom stereocenters. The number of hydrogen-bond donors (Lipinski definition) is 1. The highest BCUT2D eigenvalue weighted by molar-refractivity contribution is 7.86. The molecule has 1 rings (SSSR count). The zero-order chi connectivity index (χ0) is 13.0. The van der Waals surface area contributed by atoms with Crippen LogP contribution in [0.3, 0.4) is 0 Å². The van der Waals surface area contributed by atoms with E-state index < -0.39 is 15.6 Å². The SMILES string of the molecule is CCn1ccnc1C.O=S(=O)(O)C(F)(F)F. The van der Waals surface area contributed by atoms with E-state index in [0.29, 0.717) is 0 Å². The molecule has 0 saturated heterocycles. The van der Waals surface area contributed by atoms with Crippen molar-refractivity contribution < 1.29 is 26.1 Å². The number of nitrogens with zero attached hydrogens (tertiary/aromatic N) is 2. The Morgan fingerprint density at radius 1 is 1.50 bits per heavy atom. The largest absolute Gasteiger partial charge is 0.522 e. The number of hydrogen-bond acceptors (Lipinski definition) is 3. The Bertz CT molecular complexity index is 424. The fourth-order valence-corrected chi connectivity index (χ4v) is 0.738. The van der Waals surface area contributed by atoms with Gasteiger partial charge in [0.25, 0.3) is 0 Å². The second-order valence-electron chi connectivity index (χ2n) is 2.68. The Morgan fingerprint density at radius 3 is 2.06 bits per heavy atom. The first-order valence-electron chi connectivity index (χ1n) is 4.11. The average molecular weight is 260 g/mol. The Kier molecular flexibility index (Phi) is 4.94. The van der Waals surface area contributed by atoms with Gasteiger partial charge in [-0.25, -0.2) is 4.98 Å². The highest BCUT2D eigenvalue weighted by Crippen LogP contribution is 2.20. The number of aromatic nitrogens is 2. The molecule has 0 aliphatic rings.